The van der Waals surface area contributed by atoms with Crippen molar-refractivity contribution < 1.29 is 19.1 Å². The second-order valence-electron chi connectivity index (χ2n) is 6.93. The molecule has 26 heavy (non-hydrogen) atoms. The monoisotopic (exact) mass is 376 g/mol. The average Bonchev–Trinajstić information content (AvgIpc) is 3.40. The number of likely N-dealkylation sites (tertiary alicyclic amines) is 1. The van der Waals surface area contributed by atoms with E-state index in [2.05, 4.69) is 0 Å². The van der Waals surface area contributed by atoms with Crippen molar-refractivity contribution in [2.45, 2.75) is 25.2 Å². The molecule has 3 aliphatic heterocycles. The number of hydrogen-bond acceptors (Lipinski definition) is 5. The van der Waals surface area contributed by atoms with Gasteiger partial charge in [-0.25, -0.2) is 0 Å². The Labute approximate surface area is 157 Å². The van der Waals surface area contributed by atoms with Crippen LogP contribution in [-0.4, -0.2) is 71.9 Å². The fourth-order valence-electron chi connectivity index (χ4n) is 3.85. The molecule has 0 aliphatic carbocycles. The number of nitrogens with zero attached hydrogens (tertiary/aromatic N) is 2. The number of carbonyl (C=O) groups excluding carboxylic acids is 2. The van der Waals surface area contributed by atoms with Crippen LogP contribution in [0.4, 0.5) is 0 Å². The lowest BCUT2D eigenvalue weighted by atomic mass is 9.95. The lowest BCUT2D eigenvalue weighted by molar-refractivity contribution is -0.140. The molecule has 3 heterocycles. The van der Waals surface area contributed by atoms with Crippen molar-refractivity contribution in [1.29, 1.82) is 0 Å². The summed E-state index contributed by atoms with van der Waals surface area (Å²) in [6.07, 6.45) is 1.68. The predicted molar refractivity (Wildman–Crippen MR) is 98.7 cm³/mol. The molecule has 0 radical (unpaired) electrons. The quantitative estimate of drug-likeness (QED) is 0.805. The number of rotatable bonds is 3. The summed E-state index contributed by atoms with van der Waals surface area (Å²) in [5, 5.41) is 0. The van der Waals surface area contributed by atoms with Gasteiger partial charge in [-0.2, -0.15) is 0 Å². The first-order valence-electron chi connectivity index (χ1n) is 9.20. The molecule has 3 aliphatic rings. The maximum Gasteiger partial charge on any atom is 0.255 e. The zero-order chi connectivity index (χ0) is 17.9. The molecule has 3 fully saturated rings. The van der Waals surface area contributed by atoms with E-state index < -0.39 is 0 Å². The number of amides is 2. The topological polar surface area (TPSA) is 59.1 Å². The normalized spacial score (nSPS) is 25.0. The molecule has 140 valence electrons. The van der Waals surface area contributed by atoms with E-state index in [4.69, 9.17) is 9.47 Å². The fourth-order valence-corrected chi connectivity index (χ4v) is 4.99. The number of thioether (sulfide) groups is 1. The summed E-state index contributed by atoms with van der Waals surface area (Å²) in [7, 11) is 0. The Hall–Kier alpha value is -1.57. The minimum atomic E-state index is -0.358. The van der Waals surface area contributed by atoms with Gasteiger partial charge >= 0.3 is 0 Å². The Morgan fingerprint density at radius 1 is 1.04 bits per heavy atom. The highest BCUT2D eigenvalue weighted by Gasteiger charge is 2.39. The third kappa shape index (κ3) is 3.61. The van der Waals surface area contributed by atoms with E-state index in [0.29, 0.717) is 49.4 Å². The smallest absolute Gasteiger partial charge is 0.255 e. The summed E-state index contributed by atoms with van der Waals surface area (Å²) in [5.41, 5.74) is 0.641. The first kappa shape index (κ1) is 17.8. The fraction of sp³-hybridized carbons (Fsp3) is 0.579. The summed E-state index contributed by atoms with van der Waals surface area (Å²) in [5.74, 6) is 1.63. The number of ether oxygens (including phenoxy) is 2. The van der Waals surface area contributed by atoms with Crippen LogP contribution in [0.2, 0.25) is 0 Å². The SMILES string of the molecule is O=C(C1CSCN1C(=O)c1ccccc1)N1CCC(C2OCCO2)CC1. The zero-order valence-corrected chi connectivity index (χ0v) is 15.5. The van der Waals surface area contributed by atoms with Crippen LogP contribution in [0.3, 0.4) is 0 Å². The van der Waals surface area contributed by atoms with Crippen molar-refractivity contribution in [2.75, 3.05) is 37.9 Å². The molecule has 1 aromatic carbocycles. The number of hydrogen-bond donors (Lipinski definition) is 0. The van der Waals surface area contributed by atoms with E-state index in [1.807, 2.05) is 23.1 Å². The van der Waals surface area contributed by atoms with E-state index in [9.17, 15) is 9.59 Å². The number of piperidine rings is 1. The molecule has 3 saturated heterocycles. The second-order valence-corrected chi connectivity index (χ2v) is 7.93. The first-order chi connectivity index (χ1) is 12.7. The Bertz CT molecular complexity index is 642. The second kappa shape index (κ2) is 7.98. The Kier molecular flexibility index (Phi) is 5.47. The highest BCUT2D eigenvalue weighted by Crippen LogP contribution is 2.29. The Morgan fingerprint density at radius 2 is 1.73 bits per heavy atom. The first-order valence-corrected chi connectivity index (χ1v) is 10.4. The van der Waals surface area contributed by atoms with Crippen LogP contribution in [0.25, 0.3) is 0 Å². The maximum atomic E-state index is 13.0. The van der Waals surface area contributed by atoms with E-state index in [1.54, 1.807) is 28.8 Å². The molecule has 0 bridgehead atoms. The van der Waals surface area contributed by atoms with Gasteiger partial charge in [0.2, 0.25) is 5.91 Å². The molecule has 0 spiro atoms. The van der Waals surface area contributed by atoms with Crippen molar-refractivity contribution in [3.63, 3.8) is 0 Å². The van der Waals surface area contributed by atoms with Gasteiger partial charge in [0.05, 0.1) is 19.1 Å². The lowest BCUT2D eigenvalue weighted by Crippen LogP contribution is -2.51. The molecule has 1 aromatic rings. The molecule has 6 nitrogen and oxygen atoms in total. The highest BCUT2D eigenvalue weighted by molar-refractivity contribution is 7.99. The summed E-state index contributed by atoms with van der Waals surface area (Å²) in [6.45, 7) is 2.75. The van der Waals surface area contributed by atoms with Crippen LogP contribution in [-0.2, 0) is 14.3 Å². The standard InChI is InChI=1S/C19H24N2O4S/c22-17(14-4-2-1-3-5-14)21-13-26-12-16(21)18(23)20-8-6-15(7-9-20)19-24-10-11-25-19/h1-5,15-16,19H,6-13H2. The number of carbonyl (C=O) groups is 2. The van der Waals surface area contributed by atoms with Gasteiger partial charge in [0, 0.05) is 30.3 Å². The molecule has 2 amide bonds. The van der Waals surface area contributed by atoms with Gasteiger partial charge in [-0.15, -0.1) is 11.8 Å². The van der Waals surface area contributed by atoms with Crippen molar-refractivity contribution in [1.82, 2.24) is 9.80 Å². The molecule has 1 atom stereocenters. The molecule has 0 N–H and O–H groups in total. The van der Waals surface area contributed by atoms with Crippen LogP contribution in [0, 0.1) is 5.92 Å². The van der Waals surface area contributed by atoms with Gasteiger partial charge < -0.3 is 19.3 Å². The minimum absolute atomic E-state index is 0.0587. The summed E-state index contributed by atoms with van der Waals surface area (Å²) >= 11 is 1.64. The maximum absolute atomic E-state index is 13.0. The minimum Gasteiger partial charge on any atom is -0.350 e. The van der Waals surface area contributed by atoms with E-state index in [1.165, 1.54) is 0 Å². The molecular formula is C19H24N2O4S. The van der Waals surface area contributed by atoms with Crippen LogP contribution >= 0.6 is 11.8 Å². The summed E-state index contributed by atoms with van der Waals surface area (Å²) in [6, 6.07) is 8.85. The molecular weight excluding hydrogens is 352 g/mol. The molecule has 0 saturated carbocycles. The van der Waals surface area contributed by atoms with Crippen molar-refractivity contribution >= 4 is 23.6 Å². The zero-order valence-electron chi connectivity index (χ0n) is 14.7. The van der Waals surface area contributed by atoms with Crippen LogP contribution in [0.15, 0.2) is 30.3 Å². The molecule has 0 aromatic heterocycles. The van der Waals surface area contributed by atoms with Crippen LogP contribution in [0.5, 0.6) is 0 Å². The van der Waals surface area contributed by atoms with Gasteiger partial charge in [0.15, 0.2) is 6.29 Å². The highest BCUT2D eigenvalue weighted by atomic mass is 32.2. The lowest BCUT2D eigenvalue weighted by Gasteiger charge is -2.36. The predicted octanol–water partition coefficient (Wildman–Crippen LogP) is 1.81. The van der Waals surface area contributed by atoms with Gasteiger partial charge in [-0.05, 0) is 25.0 Å². The van der Waals surface area contributed by atoms with Gasteiger partial charge in [0.1, 0.15) is 6.04 Å². The van der Waals surface area contributed by atoms with Gasteiger partial charge in [-0.1, -0.05) is 18.2 Å². The van der Waals surface area contributed by atoms with Crippen molar-refractivity contribution in [3.05, 3.63) is 35.9 Å². The molecule has 1 unspecified atom stereocenters. The van der Waals surface area contributed by atoms with Gasteiger partial charge in [0.25, 0.3) is 5.91 Å². The average molecular weight is 376 g/mol. The third-order valence-electron chi connectivity index (χ3n) is 5.33. The summed E-state index contributed by atoms with van der Waals surface area (Å²) in [4.78, 5) is 29.4. The Morgan fingerprint density at radius 3 is 2.42 bits per heavy atom. The van der Waals surface area contributed by atoms with E-state index >= 15 is 0 Å². The van der Waals surface area contributed by atoms with Crippen molar-refractivity contribution in [3.8, 4) is 0 Å². The number of benzene rings is 1. The van der Waals surface area contributed by atoms with E-state index in [-0.39, 0.29) is 24.1 Å². The molecule has 4 rings (SSSR count). The third-order valence-corrected chi connectivity index (χ3v) is 6.34. The van der Waals surface area contributed by atoms with Crippen LogP contribution < -0.4 is 0 Å². The summed E-state index contributed by atoms with van der Waals surface area (Å²) < 4.78 is 11.2. The molecule has 7 heteroatoms. The van der Waals surface area contributed by atoms with Crippen LogP contribution in [0.1, 0.15) is 23.2 Å². The largest absolute Gasteiger partial charge is 0.350 e. The Balaban J connectivity index is 1.37. The van der Waals surface area contributed by atoms with Gasteiger partial charge in [-0.3, -0.25) is 9.59 Å². The van der Waals surface area contributed by atoms with Crippen molar-refractivity contribution in [2.24, 2.45) is 5.92 Å². The van der Waals surface area contributed by atoms with E-state index in [0.717, 1.165) is 12.8 Å².